The van der Waals surface area contributed by atoms with Crippen molar-refractivity contribution < 1.29 is 14.1 Å². The molecule has 0 saturated carbocycles. The number of aryl methyl sites for hydroxylation is 3. The van der Waals surface area contributed by atoms with Crippen LogP contribution in [-0.4, -0.2) is 53.4 Å². The fraction of sp³-hybridized carbons (Fsp3) is 0.579. The predicted molar refractivity (Wildman–Crippen MR) is 95.7 cm³/mol. The molecular weight excluding hydrogens is 332 g/mol. The number of hydrogen-bond acceptors (Lipinski definition) is 5. The van der Waals surface area contributed by atoms with Crippen molar-refractivity contribution in [3.05, 3.63) is 41.0 Å². The monoisotopic (exact) mass is 358 g/mol. The Balaban J connectivity index is 1.43. The van der Waals surface area contributed by atoms with Crippen molar-refractivity contribution >= 4 is 5.91 Å². The van der Waals surface area contributed by atoms with Gasteiger partial charge in [-0.3, -0.25) is 9.69 Å². The Morgan fingerprint density at radius 2 is 2.31 bits per heavy atom. The summed E-state index contributed by atoms with van der Waals surface area (Å²) in [6.45, 7) is 8.78. The van der Waals surface area contributed by atoms with Crippen molar-refractivity contribution in [2.24, 2.45) is 18.4 Å². The minimum Gasteiger partial charge on any atom is -0.380 e. The highest BCUT2D eigenvalue weighted by atomic mass is 16.5. The number of likely N-dealkylation sites (tertiary alicyclic amines) is 1. The van der Waals surface area contributed by atoms with E-state index in [2.05, 4.69) is 15.4 Å². The molecule has 0 aliphatic carbocycles. The Labute approximate surface area is 153 Å². The number of hydrogen-bond donors (Lipinski definition) is 1. The Bertz CT molecular complexity index is 792. The van der Waals surface area contributed by atoms with Crippen LogP contribution in [0.5, 0.6) is 0 Å². The van der Waals surface area contributed by atoms with E-state index in [-0.39, 0.29) is 11.3 Å². The first-order valence-corrected chi connectivity index (χ1v) is 9.10. The second kappa shape index (κ2) is 6.55. The second-order valence-corrected chi connectivity index (χ2v) is 7.73. The Morgan fingerprint density at radius 1 is 1.46 bits per heavy atom. The number of rotatable bonds is 5. The number of nitrogens with zero attached hydrogens (tertiary/aromatic N) is 3. The molecule has 26 heavy (non-hydrogen) atoms. The standard InChI is InChI=1S/C19H26N4O3/c1-13-16(14(2)26-21-13)8-23-7-15-9-25-12-19(15,11-23)10-20-18(24)17-5-4-6-22(17)3/h4-6,15H,7-12H2,1-3H3,(H,20,24)/t15-,19+/m1/s1. The largest absolute Gasteiger partial charge is 0.380 e. The van der Waals surface area contributed by atoms with E-state index in [4.69, 9.17) is 9.26 Å². The van der Waals surface area contributed by atoms with Gasteiger partial charge in [-0.05, 0) is 26.0 Å². The SMILES string of the molecule is Cc1noc(C)c1CN1C[C@@H]2COC[C@]2(CNC(=O)c2cccn2C)C1. The molecule has 2 atom stereocenters. The van der Waals surface area contributed by atoms with E-state index in [1.165, 1.54) is 5.56 Å². The summed E-state index contributed by atoms with van der Waals surface area (Å²) in [5.41, 5.74) is 2.80. The molecule has 7 heteroatoms. The lowest BCUT2D eigenvalue weighted by Gasteiger charge is -2.27. The zero-order valence-corrected chi connectivity index (χ0v) is 15.6. The Kier molecular flexibility index (Phi) is 4.36. The molecule has 7 nitrogen and oxygen atoms in total. The average molecular weight is 358 g/mol. The van der Waals surface area contributed by atoms with Crippen molar-refractivity contribution in [1.29, 1.82) is 0 Å². The van der Waals surface area contributed by atoms with E-state index in [1.807, 2.05) is 43.8 Å². The second-order valence-electron chi connectivity index (χ2n) is 7.73. The molecule has 4 rings (SSSR count). The van der Waals surface area contributed by atoms with Gasteiger partial charge in [-0.1, -0.05) is 5.16 Å². The van der Waals surface area contributed by atoms with E-state index >= 15 is 0 Å². The van der Waals surface area contributed by atoms with Crippen LogP contribution in [0.15, 0.2) is 22.9 Å². The molecule has 140 valence electrons. The van der Waals surface area contributed by atoms with Gasteiger partial charge in [-0.25, -0.2) is 0 Å². The van der Waals surface area contributed by atoms with Crippen LogP contribution in [0.1, 0.15) is 27.5 Å². The van der Waals surface area contributed by atoms with Crippen molar-refractivity contribution in [3.63, 3.8) is 0 Å². The van der Waals surface area contributed by atoms with Crippen LogP contribution in [0, 0.1) is 25.2 Å². The summed E-state index contributed by atoms with van der Waals surface area (Å²) in [5.74, 6) is 1.31. The summed E-state index contributed by atoms with van der Waals surface area (Å²) in [6.07, 6.45) is 1.88. The first-order valence-electron chi connectivity index (χ1n) is 9.10. The lowest BCUT2D eigenvalue weighted by Crippen LogP contribution is -2.43. The summed E-state index contributed by atoms with van der Waals surface area (Å²) in [6, 6.07) is 3.73. The van der Waals surface area contributed by atoms with Gasteiger partial charge in [0.2, 0.25) is 0 Å². The molecule has 1 N–H and O–H groups in total. The minimum atomic E-state index is -0.0262. The van der Waals surface area contributed by atoms with Crippen LogP contribution in [-0.2, 0) is 18.3 Å². The molecule has 2 aromatic rings. The van der Waals surface area contributed by atoms with Gasteiger partial charge >= 0.3 is 0 Å². The van der Waals surface area contributed by atoms with Crippen LogP contribution >= 0.6 is 0 Å². The molecule has 4 heterocycles. The third-order valence-corrected chi connectivity index (χ3v) is 5.93. The number of aromatic nitrogens is 2. The third kappa shape index (κ3) is 2.95. The van der Waals surface area contributed by atoms with Gasteiger partial charge in [0.1, 0.15) is 11.5 Å². The summed E-state index contributed by atoms with van der Waals surface area (Å²) in [7, 11) is 1.88. The smallest absolute Gasteiger partial charge is 0.267 e. The average Bonchev–Trinajstić information content (AvgIpc) is 3.34. The highest BCUT2D eigenvalue weighted by molar-refractivity contribution is 5.92. The van der Waals surface area contributed by atoms with E-state index in [1.54, 1.807) is 0 Å². The zero-order valence-electron chi connectivity index (χ0n) is 15.6. The van der Waals surface area contributed by atoms with Crippen molar-refractivity contribution in [3.8, 4) is 0 Å². The summed E-state index contributed by atoms with van der Waals surface area (Å²) in [5, 5.41) is 7.19. The molecule has 2 aromatic heterocycles. The maximum Gasteiger partial charge on any atom is 0.267 e. The van der Waals surface area contributed by atoms with Crippen LogP contribution in [0.2, 0.25) is 0 Å². The molecule has 1 amide bonds. The van der Waals surface area contributed by atoms with Crippen molar-refractivity contribution in [2.75, 3.05) is 32.8 Å². The molecule has 0 unspecified atom stereocenters. The van der Waals surface area contributed by atoms with Gasteiger partial charge in [-0.15, -0.1) is 0 Å². The fourth-order valence-corrected chi connectivity index (χ4v) is 4.31. The van der Waals surface area contributed by atoms with E-state index in [0.717, 1.165) is 37.7 Å². The third-order valence-electron chi connectivity index (χ3n) is 5.93. The number of carbonyl (C=O) groups excluding carboxylic acids is 1. The summed E-state index contributed by atoms with van der Waals surface area (Å²) in [4.78, 5) is 14.9. The topological polar surface area (TPSA) is 72.5 Å². The number of amides is 1. The van der Waals surface area contributed by atoms with Gasteiger partial charge in [0.25, 0.3) is 5.91 Å². The number of nitrogens with one attached hydrogen (secondary N) is 1. The normalized spacial score (nSPS) is 25.6. The first kappa shape index (κ1) is 17.3. The summed E-state index contributed by atoms with van der Waals surface area (Å²) >= 11 is 0. The van der Waals surface area contributed by atoms with Gasteiger partial charge in [0, 0.05) is 56.3 Å². The first-order chi connectivity index (χ1) is 12.5. The quantitative estimate of drug-likeness (QED) is 0.877. The Hall–Kier alpha value is -2.12. The molecule has 0 radical (unpaired) electrons. The highest BCUT2D eigenvalue weighted by Gasteiger charge is 2.50. The molecule has 2 aliphatic heterocycles. The van der Waals surface area contributed by atoms with Crippen LogP contribution in [0.3, 0.4) is 0 Å². The lowest BCUT2D eigenvalue weighted by molar-refractivity contribution is 0.0896. The molecule has 0 bridgehead atoms. The van der Waals surface area contributed by atoms with Gasteiger partial charge in [0.05, 0.1) is 18.9 Å². The van der Waals surface area contributed by atoms with E-state index < -0.39 is 0 Å². The number of carbonyl (C=O) groups is 1. The van der Waals surface area contributed by atoms with Crippen LogP contribution < -0.4 is 5.32 Å². The molecular formula is C19H26N4O3. The maximum atomic E-state index is 12.5. The molecule has 2 fully saturated rings. The predicted octanol–water partition coefficient (Wildman–Crippen LogP) is 1.51. The van der Waals surface area contributed by atoms with Gasteiger partial charge < -0.3 is 19.1 Å². The van der Waals surface area contributed by atoms with Crippen LogP contribution in [0.4, 0.5) is 0 Å². The fourth-order valence-electron chi connectivity index (χ4n) is 4.31. The highest BCUT2D eigenvalue weighted by Crippen LogP contribution is 2.41. The van der Waals surface area contributed by atoms with Crippen LogP contribution in [0.25, 0.3) is 0 Å². The van der Waals surface area contributed by atoms with E-state index in [0.29, 0.717) is 24.8 Å². The van der Waals surface area contributed by atoms with E-state index in [9.17, 15) is 4.79 Å². The van der Waals surface area contributed by atoms with Crippen molar-refractivity contribution in [1.82, 2.24) is 19.9 Å². The molecule has 0 spiro atoms. The summed E-state index contributed by atoms with van der Waals surface area (Å²) < 4.78 is 12.9. The molecule has 2 aliphatic rings. The number of ether oxygens (including phenoxy) is 1. The lowest BCUT2D eigenvalue weighted by atomic mass is 9.81. The minimum absolute atomic E-state index is 0.0141. The Morgan fingerprint density at radius 3 is 3.00 bits per heavy atom. The van der Waals surface area contributed by atoms with Gasteiger partial charge in [-0.2, -0.15) is 0 Å². The number of fused-ring (bicyclic) bond motifs is 1. The van der Waals surface area contributed by atoms with Crippen molar-refractivity contribution in [2.45, 2.75) is 20.4 Å². The molecule has 2 saturated heterocycles. The van der Waals surface area contributed by atoms with Gasteiger partial charge in [0.15, 0.2) is 0 Å². The zero-order chi connectivity index (χ0) is 18.3. The molecule has 0 aromatic carbocycles. The maximum absolute atomic E-state index is 12.5.